The molecule has 1 aromatic heterocycles. The number of nitrogens with zero attached hydrogens (tertiary/aromatic N) is 4. The summed E-state index contributed by atoms with van der Waals surface area (Å²) in [6.07, 6.45) is 3.01. The standard InChI is InChI=1S/C28H37ClN4O3/c1-8-13-32(17-20-11-12-23(34-5)26(36-7)25(20)35-6)28-21-10-9-14-33(27(21)30-31(28)4)24-19(3)15-18(2)16-22(24)29/h11-12,15-16H,8-10,13-14,17H2,1-7H3. The second kappa shape index (κ2) is 10.9. The van der Waals surface area contributed by atoms with E-state index >= 15 is 0 Å². The maximum Gasteiger partial charge on any atom is 0.203 e. The minimum absolute atomic E-state index is 0.608. The first-order valence-corrected chi connectivity index (χ1v) is 12.8. The van der Waals surface area contributed by atoms with Gasteiger partial charge < -0.3 is 24.0 Å². The summed E-state index contributed by atoms with van der Waals surface area (Å²) >= 11 is 6.76. The van der Waals surface area contributed by atoms with Crippen LogP contribution >= 0.6 is 11.6 Å². The summed E-state index contributed by atoms with van der Waals surface area (Å²) in [6, 6.07) is 8.21. The topological polar surface area (TPSA) is 52.0 Å². The molecule has 0 N–H and O–H groups in total. The Kier molecular flexibility index (Phi) is 7.88. The smallest absolute Gasteiger partial charge is 0.203 e. The first-order valence-electron chi connectivity index (χ1n) is 12.5. The Labute approximate surface area is 219 Å². The highest BCUT2D eigenvalue weighted by atomic mass is 35.5. The molecule has 0 fully saturated rings. The molecule has 0 atom stereocenters. The fraction of sp³-hybridized carbons (Fsp3) is 0.464. The minimum atomic E-state index is 0.608. The van der Waals surface area contributed by atoms with Crippen molar-refractivity contribution < 1.29 is 14.2 Å². The monoisotopic (exact) mass is 512 g/mol. The lowest BCUT2D eigenvalue weighted by Gasteiger charge is -2.32. The maximum atomic E-state index is 6.76. The van der Waals surface area contributed by atoms with Crippen LogP contribution in [0.3, 0.4) is 0 Å². The number of halogens is 1. The van der Waals surface area contributed by atoms with Gasteiger partial charge in [0.25, 0.3) is 0 Å². The van der Waals surface area contributed by atoms with Crippen LogP contribution in [0, 0.1) is 13.8 Å². The molecule has 4 rings (SSSR count). The molecule has 0 aliphatic carbocycles. The summed E-state index contributed by atoms with van der Waals surface area (Å²) in [5, 5.41) is 5.80. The van der Waals surface area contributed by atoms with Crippen molar-refractivity contribution in [2.45, 2.75) is 46.6 Å². The van der Waals surface area contributed by atoms with Crippen LogP contribution in [0.2, 0.25) is 5.02 Å². The molecule has 1 aliphatic rings. The number of fused-ring (bicyclic) bond motifs is 1. The molecule has 8 heteroatoms. The quantitative estimate of drug-likeness (QED) is 0.339. The van der Waals surface area contributed by atoms with Gasteiger partial charge in [-0.1, -0.05) is 24.6 Å². The predicted octanol–water partition coefficient (Wildman–Crippen LogP) is 6.22. The second-order valence-corrected chi connectivity index (χ2v) is 9.74. The van der Waals surface area contributed by atoms with Gasteiger partial charge in [0.15, 0.2) is 17.3 Å². The van der Waals surface area contributed by atoms with E-state index in [4.69, 9.17) is 30.9 Å². The van der Waals surface area contributed by atoms with Crippen LogP contribution in [0.4, 0.5) is 17.3 Å². The summed E-state index contributed by atoms with van der Waals surface area (Å²) in [7, 11) is 6.97. The number of hydrogen-bond donors (Lipinski definition) is 0. The van der Waals surface area contributed by atoms with Gasteiger partial charge in [0, 0.05) is 37.8 Å². The first kappa shape index (κ1) is 26.0. The summed E-state index contributed by atoms with van der Waals surface area (Å²) in [5.74, 6) is 4.08. The highest BCUT2D eigenvalue weighted by molar-refractivity contribution is 6.33. The molecular formula is C28H37ClN4O3. The molecule has 0 saturated heterocycles. The largest absolute Gasteiger partial charge is 0.493 e. The molecule has 0 radical (unpaired) electrons. The summed E-state index contributed by atoms with van der Waals surface area (Å²) < 4.78 is 18.9. The van der Waals surface area contributed by atoms with Gasteiger partial charge in [0.05, 0.1) is 32.0 Å². The van der Waals surface area contributed by atoms with Gasteiger partial charge in [-0.25, -0.2) is 0 Å². The Balaban J connectivity index is 1.78. The second-order valence-electron chi connectivity index (χ2n) is 9.33. The van der Waals surface area contributed by atoms with Crippen molar-refractivity contribution in [3.63, 3.8) is 0 Å². The van der Waals surface area contributed by atoms with Crippen LogP contribution < -0.4 is 24.0 Å². The maximum absolute atomic E-state index is 6.76. The van der Waals surface area contributed by atoms with E-state index in [-0.39, 0.29) is 0 Å². The Morgan fingerprint density at radius 1 is 1.06 bits per heavy atom. The normalized spacial score (nSPS) is 12.9. The molecule has 36 heavy (non-hydrogen) atoms. The summed E-state index contributed by atoms with van der Waals surface area (Å²) in [5.41, 5.74) is 5.67. The fourth-order valence-electron chi connectivity index (χ4n) is 5.39. The molecule has 1 aliphatic heterocycles. The average Bonchev–Trinajstić information content (AvgIpc) is 3.19. The van der Waals surface area contributed by atoms with E-state index in [1.807, 2.05) is 29.9 Å². The van der Waals surface area contributed by atoms with E-state index in [1.165, 1.54) is 11.1 Å². The molecule has 7 nitrogen and oxygen atoms in total. The number of aromatic nitrogens is 2. The molecule has 0 amide bonds. The minimum Gasteiger partial charge on any atom is -0.493 e. The van der Waals surface area contributed by atoms with Crippen molar-refractivity contribution in [3.8, 4) is 17.2 Å². The highest BCUT2D eigenvalue weighted by Gasteiger charge is 2.30. The Bertz CT molecular complexity index is 1220. The Morgan fingerprint density at radius 2 is 1.81 bits per heavy atom. The van der Waals surface area contributed by atoms with E-state index in [1.54, 1.807) is 21.3 Å². The third-order valence-electron chi connectivity index (χ3n) is 6.76. The third kappa shape index (κ3) is 4.69. The summed E-state index contributed by atoms with van der Waals surface area (Å²) in [4.78, 5) is 4.68. The van der Waals surface area contributed by atoms with Gasteiger partial charge in [-0.2, -0.15) is 5.10 Å². The molecule has 3 aromatic rings. The zero-order valence-corrected chi connectivity index (χ0v) is 23.2. The number of methoxy groups -OCH3 is 3. The lowest BCUT2D eigenvalue weighted by Crippen LogP contribution is -2.29. The van der Waals surface area contributed by atoms with E-state index in [9.17, 15) is 0 Å². The zero-order chi connectivity index (χ0) is 26.0. The third-order valence-corrected chi connectivity index (χ3v) is 7.05. The van der Waals surface area contributed by atoms with Crippen molar-refractivity contribution >= 4 is 28.9 Å². The van der Waals surface area contributed by atoms with Gasteiger partial charge in [-0.15, -0.1) is 0 Å². The van der Waals surface area contributed by atoms with Crippen LogP contribution in [0.5, 0.6) is 17.2 Å². The lowest BCUT2D eigenvalue weighted by molar-refractivity contribution is 0.322. The van der Waals surface area contributed by atoms with Crippen molar-refractivity contribution in [3.05, 3.63) is 51.5 Å². The number of hydrogen-bond acceptors (Lipinski definition) is 6. The van der Waals surface area contributed by atoms with Gasteiger partial charge in [-0.3, -0.25) is 4.68 Å². The molecule has 194 valence electrons. The molecule has 2 aromatic carbocycles. The first-order chi connectivity index (χ1) is 17.3. The molecule has 0 saturated carbocycles. The number of aryl methyl sites for hydroxylation is 3. The Morgan fingerprint density at radius 3 is 2.44 bits per heavy atom. The number of rotatable bonds is 9. The zero-order valence-electron chi connectivity index (χ0n) is 22.4. The van der Waals surface area contributed by atoms with Gasteiger partial charge in [0.1, 0.15) is 5.82 Å². The van der Waals surface area contributed by atoms with E-state index in [2.05, 4.69) is 36.6 Å². The SMILES string of the molecule is CCCN(Cc1ccc(OC)c(OC)c1OC)c1c2c(nn1C)N(c1c(C)cc(C)cc1Cl)CCC2. The van der Waals surface area contributed by atoms with Crippen molar-refractivity contribution in [2.75, 3.05) is 44.2 Å². The molecule has 0 bridgehead atoms. The molecule has 0 spiro atoms. The summed E-state index contributed by atoms with van der Waals surface area (Å²) in [6.45, 7) is 8.84. The van der Waals surface area contributed by atoms with Crippen molar-refractivity contribution in [1.29, 1.82) is 0 Å². The number of ether oxygens (including phenoxy) is 3. The van der Waals surface area contributed by atoms with Gasteiger partial charge in [0.2, 0.25) is 5.75 Å². The van der Waals surface area contributed by atoms with Gasteiger partial charge in [-0.05, 0) is 62.4 Å². The molecule has 2 heterocycles. The van der Waals surface area contributed by atoms with Crippen molar-refractivity contribution in [1.82, 2.24) is 9.78 Å². The van der Waals surface area contributed by atoms with Crippen LogP contribution in [-0.2, 0) is 20.0 Å². The fourth-order valence-corrected chi connectivity index (χ4v) is 5.81. The van der Waals surface area contributed by atoms with E-state index in [0.717, 1.165) is 65.8 Å². The van der Waals surface area contributed by atoms with Gasteiger partial charge >= 0.3 is 0 Å². The van der Waals surface area contributed by atoms with E-state index in [0.29, 0.717) is 23.8 Å². The predicted molar refractivity (Wildman–Crippen MR) is 147 cm³/mol. The molecule has 0 unspecified atom stereocenters. The molecular weight excluding hydrogens is 476 g/mol. The van der Waals surface area contributed by atoms with Crippen molar-refractivity contribution in [2.24, 2.45) is 7.05 Å². The Hall–Kier alpha value is -3.06. The van der Waals surface area contributed by atoms with Crippen LogP contribution in [0.1, 0.15) is 42.0 Å². The number of benzene rings is 2. The highest BCUT2D eigenvalue weighted by Crippen LogP contribution is 2.44. The average molecular weight is 513 g/mol. The van der Waals surface area contributed by atoms with E-state index < -0.39 is 0 Å². The number of anilines is 3. The van der Waals surface area contributed by atoms with Crippen LogP contribution in [-0.4, -0.2) is 44.2 Å². The van der Waals surface area contributed by atoms with Crippen LogP contribution in [0.25, 0.3) is 0 Å². The lowest BCUT2D eigenvalue weighted by atomic mass is 10.0. The van der Waals surface area contributed by atoms with Crippen LogP contribution in [0.15, 0.2) is 24.3 Å².